The Labute approximate surface area is 123 Å². The maximum absolute atomic E-state index is 12.1. The van der Waals surface area contributed by atoms with Crippen molar-refractivity contribution in [3.63, 3.8) is 0 Å². The minimum Gasteiger partial charge on any atom is -0.354 e. The van der Waals surface area contributed by atoms with Gasteiger partial charge in [-0.15, -0.1) is 11.3 Å². The average molecular weight is 288 g/mol. The number of nitrogens with two attached hydrogens (primary N) is 1. The second kappa shape index (κ2) is 6.20. The van der Waals surface area contributed by atoms with Crippen molar-refractivity contribution in [1.82, 2.24) is 5.32 Å². The lowest BCUT2D eigenvalue weighted by molar-refractivity contribution is -0.122. The van der Waals surface area contributed by atoms with E-state index in [9.17, 15) is 4.79 Å². The van der Waals surface area contributed by atoms with E-state index in [1.54, 1.807) is 11.3 Å². The van der Waals surface area contributed by atoms with Gasteiger partial charge in [0.2, 0.25) is 5.91 Å². The summed E-state index contributed by atoms with van der Waals surface area (Å²) in [6.07, 6.45) is 0. The Balaban J connectivity index is 1.96. The van der Waals surface area contributed by atoms with Crippen molar-refractivity contribution in [2.75, 3.05) is 6.54 Å². The van der Waals surface area contributed by atoms with Gasteiger partial charge in [-0.05, 0) is 17.0 Å². The van der Waals surface area contributed by atoms with Crippen molar-refractivity contribution in [1.29, 1.82) is 0 Å². The number of rotatable bonds is 5. The minimum absolute atomic E-state index is 0.0831. The predicted molar refractivity (Wildman–Crippen MR) is 83.7 cm³/mol. The van der Waals surface area contributed by atoms with Crippen molar-refractivity contribution in [2.45, 2.75) is 25.3 Å². The molecule has 0 fully saturated rings. The molecule has 1 unspecified atom stereocenters. The Morgan fingerprint density at radius 2 is 1.95 bits per heavy atom. The van der Waals surface area contributed by atoms with E-state index >= 15 is 0 Å². The molecule has 0 spiro atoms. The number of hydrogen-bond acceptors (Lipinski definition) is 3. The standard InChI is InChI=1S/C16H20N2OS/c1-16(2,13-9-6-10-20-13)11-18-15(19)14(17)12-7-4-3-5-8-12/h3-10,14H,11,17H2,1-2H3,(H,18,19). The average Bonchev–Trinajstić information content (AvgIpc) is 3.00. The molecule has 3 N–H and O–H groups in total. The highest BCUT2D eigenvalue weighted by atomic mass is 32.1. The fourth-order valence-corrected chi connectivity index (χ4v) is 2.83. The Morgan fingerprint density at radius 1 is 1.25 bits per heavy atom. The molecule has 2 aromatic rings. The zero-order valence-electron chi connectivity index (χ0n) is 11.8. The van der Waals surface area contributed by atoms with Crippen molar-refractivity contribution in [2.24, 2.45) is 5.73 Å². The topological polar surface area (TPSA) is 55.1 Å². The summed E-state index contributed by atoms with van der Waals surface area (Å²) >= 11 is 1.70. The molecule has 3 nitrogen and oxygen atoms in total. The van der Waals surface area contributed by atoms with Gasteiger partial charge in [-0.25, -0.2) is 0 Å². The SMILES string of the molecule is CC(C)(CNC(=O)C(N)c1ccccc1)c1cccs1. The Bertz CT molecular complexity index is 549. The van der Waals surface area contributed by atoms with Gasteiger partial charge in [-0.3, -0.25) is 4.79 Å². The molecule has 1 atom stereocenters. The van der Waals surface area contributed by atoms with Crippen molar-refractivity contribution >= 4 is 17.2 Å². The second-order valence-corrected chi connectivity index (χ2v) is 6.42. The third-order valence-corrected chi connectivity index (χ3v) is 4.57. The van der Waals surface area contributed by atoms with Gasteiger partial charge in [0.15, 0.2) is 0 Å². The van der Waals surface area contributed by atoms with Crippen molar-refractivity contribution in [3.8, 4) is 0 Å². The zero-order valence-corrected chi connectivity index (χ0v) is 12.6. The number of carbonyl (C=O) groups is 1. The maximum Gasteiger partial charge on any atom is 0.241 e. The normalized spacial score (nSPS) is 12.9. The third-order valence-electron chi connectivity index (χ3n) is 3.33. The fraction of sp³-hybridized carbons (Fsp3) is 0.312. The van der Waals surface area contributed by atoms with Crippen molar-refractivity contribution < 1.29 is 4.79 Å². The van der Waals surface area contributed by atoms with E-state index < -0.39 is 6.04 Å². The molecule has 2 rings (SSSR count). The van der Waals surface area contributed by atoms with Crippen LogP contribution in [-0.4, -0.2) is 12.5 Å². The van der Waals surface area contributed by atoms with E-state index in [0.717, 1.165) is 5.56 Å². The molecule has 0 aliphatic heterocycles. The van der Waals surface area contributed by atoms with E-state index in [-0.39, 0.29) is 11.3 Å². The molecule has 1 amide bonds. The largest absolute Gasteiger partial charge is 0.354 e. The van der Waals surface area contributed by atoms with Crippen LogP contribution in [0.2, 0.25) is 0 Å². The molecule has 106 valence electrons. The van der Waals surface area contributed by atoms with Gasteiger partial charge in [0, 0.05) is 16.8 Å². The van der Waals surface area contributed by atoms with Gasteiger partial charge in [0.1, 0.15) is 6.04 Å². The van der Waals surface area contributed by atoms with E-state index in [4.69, 9.17) is 5.73 Å². The monoisotopic (exact) mass is 288 g/mol. The summed E-state index contributed by atoms with van der Waals surface area (Å²) < 4.78 is 0. The summed E-state index contributed by atoms with van der Waals surface area (Å²) in [5, 5.41) is 5.00. The highest BCUT2D eigenvalue weighted by Crippen LogP contribution is 2.26. The smallest absolute Gasteiger partial charge is 0.241 e. The van der Waals surface area contributed by atoms with Crippen LogP contribution in [-0.2, 0) is 10.2 Å². The van der Waals surface area contributed by atoms with Crippen LogP contribution in [0.25, 0.3) is 0 Å². The zero-order chi connectivity index (χ0) is 14.6. The number of hydrogen-bond donors (Lipinski definition) is 2. The molecular formula is C16H20N2OS. The first-order chi connectivity index (χ1) is 9.50. The lowest BCUT2D eigenvalue weighted by atomic mass is 9.91. The summed E-state index contributed by atoms with van der Waals surface area (Å²) in [5.41, 5.74) is 6.73. The summed E-state index contributed by atoms with van der Waals surface area (Å²) in [6, 6.07) is 12.9. The molecule has 20 heavy (non-hydrogen) atoms. The Hall–Kier alpha value is -1.65. The first-order valence-electron chi connectivity index (χ1n) is 6.63. The number of nitrogens with one attached hydrogen (secondary N) is 1. The molecule has 0 aliphatic carbocycles. The summed E-state index contributed by atoms with van der Waals surface area (Å²) in [5.74, 6) is -0.138. The Kier molecular flexibility index (Phi) is 4.57. The lowest BCUT2D eigenvalue weighted by Crippen LogP contribution is -2.40. The molecular weight excluding hydrogens is 268 g/mol. The van der Waals surface area contributed by atoms with Gasteiger partial charge in [-0.1, -0.05) is 50.2 Å². The van der Waals surface area contributed by atoms with Crippen LogP contribution in [0.3, 0.4) is 0 Å². The van der Waals surface area contributed by atoms with Gasteiger partial charge < -0.3 is 11.1 Å². The molecule has 0 bridgehead atoms. The lowest BCUT2D eigenvalue weighted by Gasteiger charge is -2.24. The van der Waals surface area contributed by atoms with Crippen LogP contribution in [0, 0.1) is 0 Å². The van der Waals surface area contributed by atoms with Crippen LogP contribution < -0.4 is 11.1 Å². The van der Waals surface area contributed by atoms with Gasteiger partial charge in [-0.2, -0.15) is 0 Å². The first kappa shape index (κ1) is 14.8. The van der Waals surface area contributed by atoms with Crippen LogP contribution in [0.15, 0.2) is 47.8 Å². The molecule has 1 heterocycles. The number of amides is 1. The highest BCUT2D eigenvalue weighted by Gasteiger charge is 2.24. The van der Waals surface area contributed by atoms with Gasteiger partial charge in [0.25, 0.3) is 0 Å². The second-order valence-electron chi connectivity index (χ2n) is 5.47. The van der Waals surface area contributed by atoms with E-state index in [1.807, 2.05) is 36.4 Å². The molecule has 0 radical (unpaired) electrons. The summed E-state index contributed by atoms with van der Waals surface area (Å²) in [6.45, 7) is 4.81. The number of benzene rings is 1. The molecule has 1 aromatic carbocycles. The van der Waals surface area contributed by atoms with Crippen LogP contribution in [0.1, 0.15) is 30.3 Å². The highest BCUT2D eigenvalue weighted by molar-refractivity contribution is 7.10. The number of carbonyl (C=O) groups excluding carboxylic acids is 1. The minimum atomic E-state index is -0.615. The summed E-state index contributed by atoms with van der Waals surface area (Å²) in [7, 11) is 0. The van der Waals surface area contributed by atoms with E-state index in [0.29, 0.717) is 6.54 Å². The predicted octanol–water partition coefficient (Wildman–Crippen LogP) is 2.84. The molecule has 4 heteroatoms. The maximum atomic E-state index is 12.1. The third kappa shape index (κ3) is 3.46. The van der Waals surface area contributed by atoms with E-state index in [2.05, 4.69) is 30.6 Å². The summed E-state index contributed by atoms with van der Waals surface area (Å²) in [4.78, 5) is 13.4. The molecule has 1 aromatic heterocycles. The molecule has 0 aliphatic rings. The Morgan fingerprint density at radius 3 is 2.55 bits per heavy atom. The first-order valence-corrected chi connectivity index (χ1v) is 7.51. The van der Waals surface area contributed by atoms with Gasteiger partial charge >= 0.3 is 0 Å². The quantitative estimate of drug-likeness (QED) is 0.889. The number of thiophene rings is 1. The molecule has 0 saturated carbocycles. The van der Waals surface area contributed by atoms with Crippen LogP contribution in [0.5, 0.6) is 0 Å². The van der Waals surface area contributed by atoms with Crippen molar-refractivity contribution in [3.05, 3.63) is 58.3 Å². The van der Waals surface area contributed by atoms with Crippen LogP contribution in [0.4, 0.5) is 0 Å². The van der Waals surface area contributed by atoms with Crippen LogP contribution >= 0.6 is 11.3 Å². The molecule has 0 saturated heterocycles. The van der Waals surface area contributed by atoms with Gasteiger partial charge in [0.05, 0.1) is 0 Å². The fourth-order valence-electron chi connectivity index (χ4n) is 1.98. The van der Waals surface area contributed by atoms with E-state index in [1.165, 1.54) is 4.88 Å².